The lowest BCUT2D eigenvalue weighted by Crippen LogP contribution is -2.27. The summed E-state index contributed by atoms with van der Waals surface area (Å²) in [5, 5.41) is 0. The fraction of sp³-hybridized carbons (Fsp3) is 0.0526. The number of benzene rings is 3. The summed E-state index contributed by atoms with van der Waals surface area (Å²) in [6, 6.07) is 29.3. The van der Waals surface area contributed by atoms with Crippen LogP contribution >= 0.6 is 12.0 Å². The Morgan fingerprint density at radius 3 is 1.76 bits per heavy atom. The fourth-order valence-corrected chi connectivity index (χ4v) is 3.83. The summed E-state index contributed by atoms with van der Waals surface area (Å²) in [4.78, 5) is 1.19. The average molecular weight is 290 g/mol. The molecule has 0 aromatic heterocycles. The van der Waals surface area contributed by atoms with Gasteiger partial charge in [-0.15, -0.1) is 0 Å². The molecule has 0 saturated carbocycles. The van der Waals surface area contributed by atoms with Crippen LogP contribution in [0.2, 0.25) is 0 Å². The molecule has 4 rings (SSSR count). The molecule has 102 valence electrons. The van der Waals surface area contributed by atoms with Crippen molar-refractivity contribution in [3.05, 3.63) is 102 Å². The first-order valence-electron chi connectivity index (χ1n) is 6.97. The van der Waals surface area contributed by atoms with E-state index in [9.17, 15) is 0 Å². The minimum atomic E-state index is -0.524. The first-order valence-corrected chi connectivity index (χ1v) is 7.72. The predicted octanol–water partition coefficient (Wildman–Crippen LogP) is 5.02. The van der Waals surface area contributed by atoms with E-state index in [1.807, 2.05) is 12.1 Å². The van der Waals surface area contributed by atoms with E-state index in [0.29, 0.717) is 0 Å². The molecule has 3 aromatic rings. The summed E-state index contributed by atoms with van der Waals surface area (Å²) in [6.07, 6.45) is 0. The van der Waals surface area contributed by atoms with Gasteiger partial charge in [0, 0.05) is 22.5 Å². The number of hydrogen-bond donors (Lipinski definition) is 0. The van der Waals surface area contributed by atoms with Gasteiger partial charge in [0.15, 0.2) is 5.60 Å². The monoisotopic (exact) mass is 290 g/mol. The Kier molecular flexibility index (Phi) is 3.06. The highest BCUT2D eigenvalue weighted by molar-refractivity contribution is 7.95. The molecule has 0 spiro atoms. The van der Waals surface area contributed by atoms with Crippen LogP contribution in [-0.4, -0.2) is 0 Å². The topological polar surface area (TPSA) is 9.23 Å². The van der Waals surface area contributed by atoms with Crippen molar-refractivity contribution in [3.63, 3.8) is 0 Å². The third-order valence-corrected chi connectivity index (χ3v) is 4.75. The first-order chi connectivity index (χ1) is 10.4. The molecule has 0 bridgehead atoms. The van der Waals surface area contributed by atoms with Crippen molar-refractivity contribution < 1.29 is 4.18 Å². The second-order valence-electron chi connectivity index (χ2n) is 5.08. The van der Waals surface area contributed by atoms with Gasteiger partial charge in [0.25, 0.3) is 0 Å². The standard InChI is InChI=1S/C19H14OS/c1-3-9-15(10-4-1)19(16-11-5-2-6-12-16)17-13-7-8-14-18(17)21-20-19/h1-14H. The van der Waals surface area contributed by atoms with Crippen molar-refractivity contribution in [2.75, 3.05) is 0 Å². The van der Waals surface area contributed by atoms with Gasteiger partial charge in [-0.05, 0) is 17.2 Å². The zero-order valence-corrected chi connectivity index (χ0v) is 12.2. The van der Waals surface area contributed by atoms with E-state index >= 15 is 0 Å². The van der Waals surface area contributed by atoms with Gasteiger partial charge in [-0.1, -0.05) is 78.9 Å². The molecule has 1 nitrogen and oxygen atoms in total. The summed E-state index contributed by atoms with van der Waals surface area (Å²) >= 11 is 1.46. The molecule has 2 heteroatoms. The highest BCUT2D eigenvalue weighted by Crippen LogP contribution is 2.52. The Balaban J connectivity index is 2.02. The SMILES string of the molecule is c1ccc(C2(c3ccccc3)OSc3ccccc32)cc1. The van der Waals surface area contributed by atoms with Crippen molar-refractivity contribution in [3.8, 4) is 0 Å². The summed E-state index contributed by atoms with van der Waals surface area (Å²) in [7, 11) is 0. The molecule has 0 saturated heterocycles. The molecule has 0 N–H and O–H groups in total. The van der Waals surface area contributed by atoms with Gasteiger partial charge >= 0.3 is 0 Å². The van der Waals surface area contributed by atoms with E-state index in [0.717, 1.165) is 11.1 Å². The van der Waals surface area contributed by atoms with E-state index in [-0.39, 0.29) is 0 Å². The fourth-order valence-electron chi connectivity index (χ4n) is 2.90. The summed E-state index contributed by atoms with van der Waals surface area (Å²) in [5.74, 6) is 0. The van der Waals surface area contributed by atoms with E-state index in [4.69, 9.17) is 4.18 Å². The highest BCUT2D eigenvalue weighted by Gasteiger charge is 2.44. The van der Waals surface area contributed by atoms with Crippen LogP contribution in [0.1, 0.15) is 16.7 Å². The van der Waals surface area contributed by atoms with Crippen molar-refractivity contribution >= 4 is 12.0 Å². The Bertz CT molecular complexity index is 713. The Hall–Kier alpha value is -2.03. The molecule has 1 aliphatic heterocycles. The molecule has 0 atom stereocenters. The van der Waals surface area contributed by atoms with Gasteiger partial charge in [0.05, 0.1) is 0 Å². The van der Waals surface area contributed by atoms with Crippen LogP contribution in [0.25, 0.3) is 0 Å². The van der Waals surface area contributed by atoms with Gasteiger partial charge in [-0.3, -0.25) is 4.18 Å². The van der Waals surface area contributed by atoms with Crippen molar-refractivity contribution in [1.82, 2.24) is 0 Å². The van der Waals surface area contributed by atoms with Gasteiger partial charge in [-0.25, -0.2) is 0 Å². The van der Waals surface area contributed by atoms with E-state index in [1.54, 1.807) is 0 Å². The molecular weight excluding hydrogens is 276 g/mol. The third kappa shape index (κ3) is 1.91. The zero-order chi connectivity index (χ0) is 14.1. The molecule has 1 heterocycles. The maximum Gasteiger partial charge on any atom is 0.159 e. The predicted molar refractivity (Wildman–Crippen MR) is 86.2 cm³/mol. The molecule has 21 heavy (non-hydrogen) atoms. The highest BCUT2D eigenvalue weighted by atomic mass is 32.2. The molecule has 0 fully saturated rings. The van der Waals surface area contributed by atoms with Crippen LogP contribution in [0.4, 0.5) is 0 Å². The smallest absolute Gasteiger partial charge is 0.159 e. The molecule has 0 amide bonds. The van der Waals surface area contributed by atoms with Crippen LogP contribution in [0.15, 0.2) is 89.8 Å². The molecule has 0 radical (unpaired) electrons. The minimum Gasteiger partial charge on any atom is -0.289 e. The third-order valence-electron chi connectivity index (χ3n) is 3.88. The molecule has 0 unspecified atom stereocenters. The first kappa shape index (κ1) is 12.7. The van der Waals surface area contributed by atoms with Crippen LogP contribution in [0, 0.1) is 0 Å². The quantitative estimate of drug-likeness (QED) is 0.613. The van der Waals surface area contributed by atoms with Crippen LogP contribution in [-0.2, 0) is 9.78 Å². The van der Waals surface area contributed by atoms with E-state index < -0.39 is 5.60 Å². The van der Waals surface area contributed by atoms with Gasteiger partial charge < -0.3 is 0 Å². The number of fused-ring (bicyclic) bond motifs is 1. The van der Waals surface area contributed by atoms with Gasteiger partial charge in [0.1, 0.15) is 0 Å². The van der Waals surface area contributed by atoms with E-state index in [2.05, 4.69) is 72.8 Å². The normalized spacial score (nSPS) is 15.6. The lowest BCUT2D eigenvalue weighted by Gasteiger charge is -2.29. The minimum absolute atomic E-state index is 0.524. The molecular formula is C19H14OS. The van der Waals surface area contributed by atoms with Crippen LogP contribution in [0.3, 0.4) is 0 Å². The largest absolute Gasteiger partial charge is 0.289 e. The van der Waals surface area contributed by atoms with E-state index in [1.165, 1.54) is 22.5 Å². The second-order valence-corrected chi connectivity index (χ2v) is 5.85. The zero-order valence-electron chi connectivity index (χ0n) is 11.4. The van der Waals surface area contributed by atoms with Gasteiger partial charge in [0.2, 0.25) is 0 Å². The lowest BCUT2D eigenvalue weighted by molar-refractivity contribution is 0.205. The van der Waals surface area contributed by atoms with Crippen LogP contribution in [0.5, 0.6) is 0 Å². The lowest BCUT2D eigenvalue weighted by atomic mass is 9.80. The molecule has 1 aliphatic rings. The number of rotatable bonds is 2. The second kappa shape index (κ2) is 5.06. The average Bonchev–Trinajstić information content (AvgIpc) is 2.97. The maximum absolute atomic E-state index is 6.30. The summed E-state index contributed by atoms with van der Waals surface area (Å²) < 4.78 is 6.30. The van der Waals surface area contributed by atoms with Crippen molar-refractivity contribution in [2.45, 2.75) is 10.5 Å². The van der Waals surface area contributed by atoms with Crippen molar-refractivity contribution in [1.29, 1.82) is 0 Å². The van der Waals surface area contributed by atoms with Gasteiger partial charge in [-0.2, -0.15) is 0 Å². The Morgan fingerprint density at radius 2 is 1.14 bits per heavy atom. The molecule has 3 aromatic carbocycles. The van der Waals surface area contributed by atoms with Crippen molar-refractivity contribution in [2.24, 2.45) is 0 Å². The number of hydrogen-bond acceptors (Lipinski definition) is 2. The Labute approximate surface area is 128 Å². The molecule has 0 aliphatic carbocycles. The summed E-state index contributed by atoms with van der Waals surface area (Å²) in [6.45, 7) is 0. The Morgan fingerprint density at radius 1 is 0.619 bits per heavy atom. The maximum atomic E-state index is 6.30. The van der Waals surface area contributed by atoms with Crippen LogP contribution < -0.4 is 0 Å². The summed E-state index contributed by atoms with van der Waals surface area (Å²) in [5.41, 5.74) is 3.01.